The van der Waals surface area contributed by atoms with Gasteiger partial charge in [0.05, 0.1) is 0 Å². The van der Waals surface area contributed by atoms with Crippen molar-refractivity contribution in [2.75, 3.05) is 33.7 Å². The van der Waals surface area contributed by atoms with Gasteiger partial charge in [-0.05, 0) is 18.4 Å². The second-order valence-corrected chi connectivity index (χ2v) is 6.71. The molecule has 124 valence electrons. The fourth-order valence-corrected chi connectivity index (χ4v) is 3.70. The number of carbonyl (C=O) groups is 2. The molecule has 2 aliphatic rings. The molecular weight excluding hydrogens is 290 g/mol. The van der Waals surface area contributed by atoms with Gasteiger partial charge in [-0.2, -0.15) is 0 Å². The first kappa shape index (κ1) is 16.0. The van der Waals surface area contributed by atoms with Gasteiger partial charge in [0, 0.05) is 45.7 Å². The Hall–Kier alpha value is -1.88. The highest BCUT2D eigenvalue weighted by Crippen LogP contribution is 2.32. The molecule has 2 heterocycles. The van der Waals surface area contributed by atoms with Crippen LogP contribution in [0.25, 0.3) is 0 Å². The summed E-state index contributed by atoms with van der Waals surface area (Å²) < 4.78 is 0. The molecule has 0 spiro atoms. The van der Waals surface area contributed by atoms with Crippen molar-refractivity contribution in [1.82, 2.24) is 14.7 Å². The maximum absolute atomic E-state index is 12.3. The molecule has 0 radical (unpaired) electrons. The minimum absolute atomic E-state index is 0.00161. The number of carbonyl (C=O) groups excluding carboxylic acids is 2. The summed E-state index contributed by atoms with van der Waals surface area (Å²) in [6.45, 7) is 2.22. The summed E-state index contributed by atoms with van der Waals surface area (Å²) >= 11 is 0. The van der Waals surface area contributed by atoms with Gasteiger partial charge in [0.15, 0.2) is 0 Å². The molecule has 0 aliphatic carbocycles. The van der Waals surface area contributed by atoms with Gasteiger partial charge in [-0.3, -0.25) is 14.5 Å². The summed E-state index contributed by atoms with van der Waals surface area (Å²) in [6, 6.07) is 10.9. The zero-order chi connectivity index (χ0) is 16.4. The molecule has 5 nitrogen and oxygen atoms in total. The summed E-state index contributed by atoms with van der Waals surface area (Å²) in [6.07, 6.45) is 2.54. The minimum Gasteiger partial charge on any atom is -0.347 e. The molecule has 0 N–H and O–H groups in total. The second-order valence-electron chi connectivity index (χ2n) is 6.71. The van der Waals surface area contributed by atoms with Gasteiger partial charge in [-0.25, -0.2) is 0 Å². The largest absolute Gasteiger partial charge is 0.347 e. The van der Waals surface area contributed by atoms with Crippen molar-refractivity contribution in [3.63, 3.8) is 0 Å². The van der Waals surface area contributed by atoms with E-state index in [1.165, 1.54) is 5.56 Å². The number of hydrogen-bond acceptors (Lipinski definition) is 3. The molecule has 2 atom stereocenters. The van der Waals surface area contributed by atoms with Crippen LogP contribution in [0.5, 0.6) is 0 Å². The van der Waals surface area contributed by atoms with Crippen LogP contribution in [0.15, 0.2) is 30.3 Å². The Bertz CT molecular complexity index is 573. The van der Waals surface area contributed by atoms with E-state index in [2.05, 4.69) is 29.2 Å². The third-order valence-corrected chi connectivity index (χ3v) is 5.06. The van der Waals surface area contributed by atoms with Gasteiger partial charge in [0.1, 0.15) is 6.54 Å². The summed E-state index contributed by atoms with van der Waals surface area (Å²) in [5, 5.41) is 0. The van der Waals surface area contributed by atoms with Gasteiger partial charge in [-0.15, -0.1) is 0 Å². The zero-order valence-electron chi connectivity index (χ0n) is 13.9. The normalized spacial score (nSPS) is 24.1. The summed E-state index contributed by atoms with van der Waals surface area (Å²) in [4.78, 5) is 30.0. The Morgan fingerprint density at radius 1 is 1.22 bits per heavy atom. The quantitative estimate of drug-likeness (QED) is 0.814. The first-order valence-electron chi connectivity index (χ1n) is 8.34. The lowest BCUT2D eigenvalue weighted by Gasteiger charge is -2.26. The van der Waals surface area contributed by atoms with Crippen LogP contribution in [0.3, 0.4) is 0 Å². The topological polar surface area (TPSA) is 43.9 Å². The number of rotatable bonds is 5. The zero-order valence-corrected chi connectivity index (χ0v) is 13.9. The third-order valence-electron chi connectivity index (χ3n) is 5.06. The van der Waals surface area contributed by atoms with Crippen LogP contribution in [0.2, 0.25) is 0 Å². The first-order valence-corrected chi connectivity index (χ1v) is 8.34. The Morgan fingerprint density at radius 2 is 1.96 bits per heavy atom. The molecule has 3 rings (SSSR count). The molecule has 1 aromatic carbocycles. The average molecular weight is 315 g/mol. The molecule has 2 aliphatic heterocycles. The van der Waals surface area contributed by atoms with Crippen molar-refractivity contribution >= 4 is 11.8 Å². The molecular formula is C18H25N3O2. The van der Waals surface area contributed by atoms with E-state index < -0.39 is 0 Å². The average Bonchev–Trinajstić information content (AvgIpc) is 3.06. The lowest BCUT2D eigenvalue weighted by atomic mass is 10.1. The number of hydrogen-bond donors (Lipinski definition) is 0. The maximum atomic E-state index is 12.3. The maximum Gasteiger partial charge on any atom is 0.241 e. The SMILES string of the molecule is CN(C)C(=O)CN1C(=O)C[C@H]2[C@H]1CCN2CCc1ccccc1. The van der Waals surface area contributed by atoms with E-state index in [4.69, 9.17) is 0 Å². The van der Waals surface area contributed by atoms with Crippen LogP contribution in [0.1, 0.15) is 18.4 Å². The van der Waals surface area contributed by atoms with Crippen LogP contribution in [-0.2, 0) is 16.0 Å². The van der Waals surface area contributed by atoms with Gasteiger partial charge < -0.3 is 9.80 Å². The molecule has 0 unspecified atom stereocenters. The van der Waals surface area contributed by atoms with Crippen LogP contribution in [0, 0.1) is 0 Å². The van der Waals surface area contributed by atoms with Crippen molar-refractivity contribution in [1.29, 1.82) is 0 Å². The number of benzene rings is 1. The molecule has 2 saturated heterocycles. The Labute approximate surface area is 137 Å². The summed E-state index contributed by atoms with van der Waals surface area (Å²) in [5.41, 5.74) is 1.33. The molecule has 2 fully saturated rings. The first-order chi connectivity index (χ1) is 11.1. The van der Waals surface area contributed by atoms with Crippen molar-refractivity contribution < 1.29 is 9.59 Å². The standard InChI is InChI=1S/C18H25N3O2/c1-19(2)18(23)13-21-15-9-11-20(16(15)12-17(21)22)10-8-14-6-4-3-5-7-14/h3-7,15-16H,8-13H2,1-2H3/t15-,16+/m1/s1. The van der Waals surface area contributed by atoms with Crippen molar-refractivity contribution in [2.45, 2.75) is 31.3 Å². The van der Waals surface area contributed by atoms with E-state index in [-0.39, 0.29) is 30.4 Å². The third kappa shape index (κ3) is 3.39. The van der Waals surface area contributed by atoms with E-state index >= 15 is 0 Å². The molecule has 1 aromatic rings. The smallest absolute Gasteiger partial charge is 0.241 e. The lowest BCUT2D eigenvalue weighted by Crippen LogP contribution is -2.43. The second kappa shape index (κ2) is 6.71. The number of amides is 2. The van der Waals surface area contributed by atoms with Crippen molar-refractivity contribution in [3.05, 3.63) is 35.9 Å². The highest BCUT2D eigenvalue weighted by atomic mass is 16.2. The van der Waals surface area contributed by atoms with Gasteiger partial charge >= 0.3 is 0 Å². The Kier molecular flexibility index (Phi) is 4.66. The highest BCUT2D eigenvalue weighted by Gasteiger charge is 2.46. The van der Waals surface area contributed by atoms with Crippen LogP contribution < -0.4 is 0 Å². The molecule has 2 amide bonds. The van der Waals surface area contributed by atoms with E-state index in [9.17, 15) is 9.59 Å². The van der Waals surface area contributed by atoms with Crippen molar-refractivity contribution in [3.8, 4) is 0 Å². The molecule has 5 heteroatoms. The highest BCUT2D eigenvalue weighted by molar-refractivity contribution is 5.86. The predicted octanol–water partition coefficient (Wildman–Crippen LogP) is 0.993. The van der Waals surface area contributed by atoms with E-state index in [0.717, 1.165) is 25.9 Å². The minimum atomic E-state index is 0.00161. The Morgan fingerprint density at radius 3 is 2.65 bits per heavy atom. The number of likely N-dealkylation sites (tertiary alicyclic amines) is 2. The Balaban J connectivity index is 1.59. The van der Waals surface area contributed by atoms with Crippen LogP contribution >= 0.6 is 0 Å². The fourth-order valence-electron chi connectivity index (χ4n) is 3.70. The predicted molar refractivity (Wildman–Crippen MR) is 88.9 cm³/mol. The van der Waals surface area contributed by atoms with E-state index in [1.807, 2.05) is 6.07 Å². The fraction of sp³-hybridized carbons (Fsp3) is 0.556. The van der Waals surface area contributed by atoms with E-state index in [1.54, 1.807) is 23.9 Å². The van der Waals surface area contributed by atoms with Crippen molar-refractivity contribution in [2.24, 2.45) is 0 Å². The summed E-state index contributed by atoms with van der Waals surface area (Å²) in [5.74, 6) is 0.126. The molecule has 0 saturated carbocycles. The van der Waals surface area contributed by atoms with Gasteiger partial charge in [0.25, 0.3) is 0 Å². The van der Waals surface area contributed by atoms with Gasteiger partial charge in [0.2, 0.25) is 11.8 Å². The molecule has 23 heavy (non-hydrogen) atoms. The monoisotopic (exact) mass is 315 g/mol. The van der Waals surface area contributed by atoms with Gasteiger partial charge in [-0.1, -0.05) is 30.3 Å². The van der Waals surface area contributed by atoms with Crippen LogP contribution in [0.4, 0.5) is 0 Å². The summed E-state index contributed by atoms with van der Waals surface area (Å²) in [7, 11) is 3.47. The van der Waals surface area contributed by atoms with E-state index in [0.29, 0.717) is 6.42 Å². The molecule has 0 aromatic heterocycles. The molecule has 0 bridgehead atoms. The number of nitrogens with zero attached hydrogens (tertiary/aromatic N) is 3. The number of likely N-dealkylation sites (N-methyl/N-ethyl adjacent to an activating group) is 1. The lowest BCUT2D eigenvalue weighted by molar-refractivity contribution is -0.138. The number of fused-ring (bicyclic) bond motifs is 1. The van der Waals surface area contributed by atoms with Crippen LogP contribution in [-0.4, -0.2) is 72.3 Å².